The minimum atomic E-state index is -0.315. The van der Waals surface area contributed by atoms with E-state index in [2.05, 4.69) is 25.7 Å². The summed E-state index contributed by atoms with van der Waals surface area (Å²) in [6.07, 6.45) is 6.72. The number of nitrogens with one attached hydrogen (secondary N) is 2. The Balaban J connectivity index is 1.49. The third kappa shape index (κ3) is 4.08. The third-order valence-corrected chi connectivity index (χ3v) is 3.54. The SMILES string of the molecule is O=C(NCCn1ccc(-c2cnccn2)n1)Nc1ccccc1Cl. The van der Waals surface area contributed by atoms with Crippen molar-refractivity contribution in [1.82, 2.24) is 25.1 Å². The normalized spacial score (nSPS) is 10.4. The highest BCUT2D eigenvalue weighted by molar-refractivity contribution is 6.33. The molecular weight excluding hydrogens is 328 g/mol. The quantitative estimate of drug-likeness (QED) is 0.746. The molecule has 0 radical (unpaired) electrons. The van der Waals surface area contributed by atoms with Crippen LogP contribution in [0.4, 0.5) is 10.5 Å². The van der Waals surface area contributed by atoms with Gasteiger partial charge in [0.05, 0.1) is 23.5 Å². The predicted octanol–water partition coefficient (Wildman–Crippen LogP) is 2.82. The second-order valence-electron chi connectivity index (χ2n) is 4.92. The van der Waals surface area contributed by atoms with Crippen molar-refractivity contribution in [1.29, 1.82) is 0 Å². The molecular formula is C16H15ClN6O. The molecule has 0 aliphatic carbocycles. The minimum Gasteiger partial charge on any atom is -0.336 e. The zero-order valence-corrected chi connectivity index (χ0v) is 13.4. The van der Waals surface area contributed by atoms with Gasteiger partial charge in [0, 0.05) is 25.1 Å². The fourth-order valence-corrected chi connectivity index (χ4v) is 2.25. The maximum absolute atomic E-state index is 11.9. The van der Waals surface area contributed by atoms with Crippen LogP contribution in [0.25, 0.3) is 11.4 Å². The highest BCUT2D eigenvalue weighted by Crippen LogP contribution is 2.20. The molecule has 0 bridgehead atoms. The van der Waals surface area contributed by atoms with Crippen LogP contribution in [-0.2, 0) is 6.54 Å². The number of rotatable bonds is 5. The fraction of sp³-hybridized carbons (Fsp3) is 0.125. The average Bonchev–Trinajstić information content (AvgIpc) is 3.07. The van der Waals surface area contributed by atoms with Crippen molar-refractivity contribution in [2.24, 2.45) is 0 Å². The van der Waals surface area contributed by atoms with Crippen molar-refractivity contribution in [2.45, 2.75) is 6.54 Å². The van der Waals surface area contributed by atoms with Crippen molar-refractivity contribution >= 4 is 23.3 Å². The van der Waals surface area contributed by atoms with Gasteiger partial charge < -0.3 is 10.6 Å². The van der Waals surface area contributed by atoms with Gasteiger partial charge in [-0.15, -0.1) is 0 Å². The molecule has 0 unspecified atom stereocenters. The molecule has 24 heavy (non-hydrogen) atoms. The largest absolute Gasteiger partial charge is 0.336 e. The second kappa shape index (κ2) is 7.56. The molecule has 3 aromatic rings. The highest BCUT2D eigenvalue weighted by atomic mass is 35.5. The number of hydrogen-bond donors (Lipinski definition) is 2. The number of benzene rings is 1. The number of aromatic nitrogens is 4. The monoisotopic (exact) mass is 342 g/mol. The number of hydrogen-bond acceptors (Lipinski definition) is 4. The summed E-state index contributed by atoms with van der Waals surface area (Å²) >= 11 is 5.99. The van der Waals surface area contributed by atoms with E-state index in [1.807, 2.05) is 12.3 Å². The highest BCUT2D eigenvalue weighted by Gasteiger charge is 2.06. The summed E-state index contributed by atoms with van der Waals surface area (Å²) in [4.78, 5) is 20.1. The minimum absolute atomic E-state index is 0.315. The zero-order valence-electron chi connectivity index (χ0n) is 12.7. The van der Waals surface area contributed by atoms with Gasteiger partial charge in [-0.1, -0.05) is 23.7 Å². The summed E-state index contributed by atoms with van der Waals surface area (Å²) in [6.45, 7) is 0.966. The lowest BCUT2D eigenvalue weighted by molar-refractivity contribution is 0.251. The summed E-state index contributed by atoms with van der Waals surface area (Å²) in [5.74, 6) is 0. The van der Waals surface area contributed by atoms with Gasteiger partial charge >= 0.3 is 6.03 Å². The van der Waals surface area contributed by atoms with E-state index in [-0.39, 0.29) is 6.03 Å². The molecule has 122 valence electrons. The van der Waals surface area contributed by atoms with E-state index < -0.39 is 0 Å². The molecule has 2 aromatic heterocycles. The van der Waals surface area contributed by atoms with Crippen LogP contribution in [0.15, 0.2) is 55.1 Å². The summed E-state index contributed by atoms with van der Waals surface area (Å²) in [5.41, 5.74) is 2.02. The van der Waals surface area contributed by atoms with E-state index in [1.54, 1.807) is 47.5 Å². The van der Waals surface area contributed by atoms with E-state index in [1.165, 1.54) is 0 Å². The smallest absolute Gasteiger partial charge is 0.319 e. The Hall–Kier alpha value is -2.93. The maximum atomic E-state index is 11.9. The van der Waals surface area contributed by atoms with E-state index in [0.717, 1.165) is 5.69 Å². The van der Waals surface area contributed by atoms with Crippen molar-refractivity contribution in [3.05, 3.63) is 60.1 Å². The van der Waals surface area contributed by atoms with Crippen LogP contribution in [0.5, 0.6) is 0 Å². The summed E-state index contributed by atoms with van der Waals surface area (Å²) in [7, 11) is 0. The lowest BCUT2D eigenvalue weighted by Crippen LogP contribution is -2.31. The molecule has 7 nitrogen and oxygen atoms in total. The van der Waals surface area contributed by atoms with Gasteiger partial charge in [0.15, 0.2) is 0 Å². The summed E-state index contributed by atoms with van der Waals surface area (Å²) < 4.78 is 1.74. The van der Waals surface area contributed by atoms with Gasteiger partial charge in [-0.3, -0.25) is 14.6 Å². The van der Waals surface area contributed by atoms with Crippen LogP contribution in [0.2, 0.25) is 5.02 Å². The molecule has 0 atom stereocenters. The van der Waals surface area contributed by atoms with Gasteiger partial charge in [-0.2, -0.15) is 5.10 Å². The maximum Gasteiger partial charge on any atom is 0.319 e. The lowest BCUT2D eigenvalue weighted by atomic mass is 10.3. The molecule has 0 aliphatic rings. The number of urea groups is 1. The van der Waals surface area contributed by atoms with E-state index >= 15 is 0 Å². The first kappa shape index (κ1) is 15.9. The number of halogens is 1. The third-order valence-electron chi connectivity index (χ3n) is 3.21. The number of para-hydroxylation sites is 1. The van der Waals surface area contributed by atoms with Crippen LogP contribution in [0, 0.1) is 0 Å². The van der Waals surface area contributed by atoms with Crippen LogP contribution in [0.3, 0.4) is 0 Å². The molecule has 2 N–H and O–H groups in total. The van der Waals surface area contributed by atoms with Crippen LogP contribution >= 0.6 is 11.6 Å². The molecule has 0 saturated heterocycles. The van der Waals surface area contributed by atoms with E-state index in [9.17, 15) is 4.79 Å². The Kier molecular flexibility index (Phi) is 5.02. The standard InChI is InChI=1S/C16H15ClN6O/c17-12-3-1-2-4-13(12)21-16(24)20-8-10-23-9-5-14(22-23)15-11-18-6-7-19-15/h1-7,9,11H,8,10H2,(H2,20,21,24). The molecule has 2 amide bonds. The molecule has 0 fully saturated rings. The Labute approximate surface area is 143 Å². The molecule has 1 aromatic carbocycles. The molecule has 2 heterocycles. The molecule has 3 rings (SSSR count). The van der Waals surface area contributed by atoms with Crippen LogP contribution in [-0.4, -0.2) is 32.3 Å². The topological polar surface area (TPSA) is 84.7 Å². The number of carbonyl (C=O) groups is 1. The van der Waals surface area contributed by atoms with Gasteiger partial charge in [0.1, 0.15) is 11.4 Å². The summed E-state index contributed by atoms with van der Waals surface area (Å²) in [5, 5.41) is 10.3. The van der Waals surface area contributed by atoms with Gasteiger partial charge in [-0.05, 0) is 18.2 Å². The number of anilines is 1. The fourth-order valence-electron chi connectivity index (χ4n) is 2.07. The Morgan fingerprint density at radius 1 is 1.17 bits per heavy atom. The van der Waals surface area contributed by atoms with Gasteiger partial charge in [0.2, 0.25) is 0 Å². The Morgan fingerprint density at radius 2 is 2.04 bits per heavy atom. The number of nitrogens with zero attached hydrogens (tertiary/aromatic N) is 4. The van der Waals surface area contributed by atoms with Crippen molar-refractivity contribution in [3.8, 4) is 11.4 Å². The average molecular weight is 343 g/mol. The van der Waals surface area contributed by atoms with Gasteiger partial charge in [-0.25, -0.2) is 4.79 Å². The Bertz CT molecular complexity index is 820. The zero-order chi connectivity index (χ0) is 16.8. The van der Waals surface area contributed by atoms with Crippen LogP contribution in [0.1, 0.15) is 0 Å². The van der Waals surface area contributed by atoms with Crippen molar-refractivity contribution in [2.75, 3.05) is 11.9 Å². The van der Waals surface area contributed by atoms with Crippen molar-refractivity contribution < 1.29 is 4.79 Å². The molecule has 8 heteroatoms. The number of carbonyl (C=O) groups excluding carboxylic acids is 1. The van der Waals surface area contributed by atoms with E-state index in [4.69, 9.17) is 11.6 Å². The number of amides is 2. The van der Waals surface area contributed by atoms with Crippen LogP contribution < -0.4 is 10.6 Å². The Morgan fingerprint density at radius 3 is 2.83 bits per heavy atom. The first-order chi connectivity index (χ1) is 11.7. The van der Waals surface area contributed by atoms with Crippen molar-refractivity contribution in [3.63, 3.8) is 0 Å². The van der Waals surface area contributed by atoms with E-state index in [0.29, 0.717) is 29.5 Å². The molecule has 0 spiro atoms. The molecule has 0 saturated carbocycles. The first-order valence-corrected chi connectivity index (χ1v) is 7.69. The van der Waals surface area contributed by atoms with Gasteiger partial charge in [0.25, 0.3) is 0 Å². The second-order valence-corrected chi connectivity index (χ2v) is 5.32. The lowest BCUT2D eigenvalue weighted by Gasteiger charge is -2.08. The summed E-state index contributed by atoms with van der Waals surface area (Å²) in [6, 6.07) is 8.60. The predicted molar refractivity (Wildman–Crippen MR) is 91.7 cm³/mol. The molecule has 0 aliphatic heterocycles. The first-order valence-electron chi connectivity index (χ1n) is 7.31.